The molecule has 0 spiro atoms. The summed E-state index contributed by atoms with van der Waals surface area (Å²) in [5.74, 6) is 0. The van der Waals surface area contributed by atoms with Gasteiger partial charge in [-0.05, 0) is 20.8 Å². The van der Waals surface area contributed by atoms with Crippen molar-refractivity contribution in [2.24, 2.45) is 0 Å². The minimum Gasteiger partial charge on any atom is -0.105 e. The van der Waals surface area contributed by atoms with E-state index >= 15 is 0 Å². The summed E-state index contributed by atoms with van der Waals surface area (Å²) < 4.78 is 0. The van der Waals surface area contributed by atoms with Gasteiger partial charge in [0.05, 0.1) is 0 Å². The number of rotatable bonds is 2. The SMILES string of the molecule is Br/C=C/S/C=C/Br. The van der Waals surface area contributed by atoms with Crippen molar-refractivity contribution in [3.05, 3.63) is 20.8 Å². The molecule has 0 atom stereocenters. The summed E-state index contributed by atoms with van der Waals surface area (Å²) in [5, 5.41) is 3.86. The molecule has 0 aromatic rings. The molecule has 40 valence electrons. The third kappa shape index (κ3) is 6.79. The minimum absolute atomic E-state index is 1.60. The van der Waals surface area contributed by atoms with Crippen LogP contribution < -0.4 is 0 Å². The Balaban J connectivity index is 2.98. The topological polar surface area (TPSA) is 0 Å². The van der Waals surface area contributed by atoms with Gasteiger partial charge in [-0.15, -0.1) is 11.8 Å². The Morgan fingerprint density at radius 1 is 1.00 bits per heavy atom. The van der Waals surface area contributed by atoms with Gasteiger partial charge in [0.25, 0.3) is 0 Å². The lowest BCUT2D eigenvalue weighted by Gasteiger charge is -1.71. The molecule has 0 rings (SSSR count). The van der Waals surface area contributed by atoms with Crippen LogP contribution >= 0.6 is 43.6 Å². The van der Waals surface area contributed by atoms with Crippen molar-refractivity contribution in [1.29, 1.82) is 0 Å². The lowest BCUT2D eigenvalue weighted by molar-refractivity contribution is 2.52. The van der Waals surface area contributed by atoms with Gasteiger partial charge in [-0.1, -0.05) is 31.9 Å². The van der Waals surface area contributed by atoms with Crippen LogP contribution in [-0.2, 0) is 0 Å². The fourth-order valence-electron chi connectivity index (χ4n) is 0.105. The Hall–Kier alpha value is 0.790. The first-order valence-corrected chi connectivity index (χ1v) is 4.35. The van der Waals surface area contributed by atoms with E-state index in [4.69, 9.17) is 0 Å². The van der Waals surface area contributed by atoms with E-state index in [1.54, 1.807) is 11.8 Å². The van der Waals surface area contributed by atoms with E-state index in [1.807, 2.05) is 20.8 Å². The zero-order valence-electron chi connectivity index (χ0n) is 3.47. The van der Waals surface area contributed by atoms with Crippen molar-refractivity contribution in [3.63, 3.8) is 0 Å². The molecule has 0 bridgehead atoms. The molecule has 0 unspecified atom stereocenters. The molecule has 7 heavy (non-hydrogen) atoms. The molecular weight excluding hydrogens is 240 g/mol. The summed E-state index contributed by atoms with van der Waals surface area (Å²) in [6, 6.07) is 0. The summed E-state index contributed by atoms with van der Waals surface area (Å²) in [4.78, 5) is 3.62. The summed E-state index contributed by atoms with van der Waals surface area (Å²) >= 11 is 7.86. The van der Waals surface area contributed by atoms with E-state index < -0.39 is 0 Å². The first-order chi connectivity index (χ1) is 3.41. The van der Waals surface area contributed by atoms with Gasteiger partial charge >= 0.3 is 0 Å². The Morgan fingerprint density at radius 3 is 1.71 bits per heavy atom. The van der Waals surface area contributed by atoms with Crippen molar-refractivity contribution in [2.75, 3.05) is 0 Å². The van der Waals surface area contributed by atoms with Gasteiger partial charge in [-0.2, -0.15) is 0 Å². The maximum absolute atomic E-state index is 3.13. The van der Waals surface area contributed by atoms with Crippen molar-refractivity contribution in [3.8, 4) is 0 Å². The van der Waals surface area contributed by atoms with Gasteiger partial charge in [-0.3, -0.25) is 0 Å². The van der Waals surface area contributed by atoms with Gasteiger partial charge in [0.1, 0.15) is 0 Å². The van der Waals surface area contributed by atoms with E-state index in [2.05, 4.69) is 31.9 Å². The van der Waals surface area contributed by atoms with Gasteiger partial charge in [0.2, 0.25) is 0 Å². The van der Waals surface area contributed by atoms with Crippen LogP contribution in [0, 0.1) is 0 Å². The molecule has 0 aliphatic heterocycles. The standard InChI is InChI=1S/C4H4Br2S/c5-1-3-7-4-2-6/h1-4H/b3-1+,4-2+. The highest BCUT2D eigenvalue weighted by Crippen LogP contribution is 2.05. The molecule has 0 saturated carbocycles. The number of hydrogen-bond acceptors (Lipinski definition) is 1. The molecule has 0 aromatic carbocycles. The Kier molecular flexibility index (Phi) is 7.56. The van der Waals surface area contributed by atoms with Crippen molar-refractivity contribution in [1.82, 2.24) is 0 Å². The van der Waals surface area contributed by atoms with Crippen molar-refractivity contribution >= 4 is 43.6 Å². The van der Waals surface area contributed by atoms with Crippen LogP contribution in [0.2, 0.25) is 0 Å². The smallest absolute Gasteiger partial charge is 0.0122 e. The average Bonchev–Trinajstić information content (AvgIpc) is 1.69. The van der Waals surface area contributed by atoms with Crippen molar-refractivity contribution in [2.45, 2.75) is 0 Å². The van der Waals surface area contributed by atoms with Crippen LogP contribution in [0.3, 0.4) is 0 Å². The molecule has 0 heterocycles. The molecule has 0 radical (unpaired) electrons. The molecule has 0 amide bonds. The second-order valence-corrected chi connectivity index (χ2v) is 2.53. The molecule has 0 saturated heterocycles. The Bertz CT molecular complexity index is 67.8. The van der Waals surface area contributed by atoms with Gasteiger partial charge in [0, 0.05) is 0 Å². The fraction of sp³-hybridized carbons (Fsp3) is 0. The first-order valence-electron chi connectivity index (χ1n) is 1.57. The summed E-state index contributed by atoms with van der Waals surface area (Å²) in [5.41, 5.74) is 0. The van der Waals surface area contributed by atoms with Gasteiger partial charge in [0.15, 0.2) is 0 Å². The summed E-state index contributed by atoms with van der Waals surface area (Å²) in [6.45, 7) is 0. The van der Waals surface area contributed by atoms with E-state index in [1.165, 1.54) is 0 Å². The van der Waals surface area contributed by atoms with E-state index in [-0.39, 0.29) is 0 Å². The normalized spacial score (nSPS) is 11.7. The monoisotopic (exact) mass is 242 g/mol. The van der Waals surface area contributed by atoms with Crippen LogP contribution in [-0.4, -0.2) is 0 Å². The molecule has 0 N–H and O–H groups in total. The highest BCUT2D eigenvalue weighted by atomic mass is 79.9. The van der Waals surface area contributed by atoms with Gasteiger partial charge in [-0.25, -0.2) is 0 Å². The van der Waals surface area contributed by atoms with E-state index in [0.717, 1.165) is 0 Å². The van der Waals surface area contributed by atoms with Crippen LogP contribution in [0.1, 0.15) is 0 Å². The zero-order chi connectivity index (χ0) is 5.54. The Morgan fingerprint density at radius 2 is 1.43 bits per heavy atom. The average molecular weight is 244 g/mol. The quantitative estimate of drug-likeness (QED) is 0.716. The predicted octanol–water partition coefficient (Wildman–Crippen LogP) is 3.45. The molecule has 0 nitrogen and oxygen atoms in total. The summed E-state index contributed by atoms with van der Waals surface area (Å²) in [7, 11) is 0. The molecule has 0 fully saturated rings. The lowest BCUT2D eigenvalue weighted by atomic mass is 11.2. The van der Waals surface area contributed by atoms with E-state index in [0.29, 0.717) is 0 Å². The minimum atomic E-state index is 1.60. The van der Waals surface area contributed by atoms with Crippen molar-refractivity contribution < 1.29 is 0 Å². The molecule has 3 heteroatoms. The maximum Gasteiger partial charge on any atom is -0.0122 e. The third-order valence-electron chi connectivity index (χ3n) is 0.260. The van der Waals surface area contributed by atoms with Crippen LogP contribution in [0.4, 0.5) is 0 Å². The lowest BCUT2D eigenvalue weighted by Crippen LogP contribution is -1.34. The highest BCUT2D eigenvalue weighted by Gasteiger charge is 1.63. The number of halogens is 2. The van der Waals surface area contributed by atoms with Gasteiger partial charge < -0.3 is 0 Å². The molecular formula is C4H4Br2S. The molecule has 0 aliphatic carbocycles. The summed E-state index contributed by atoms with van der Waals surface area (Å²) in [6.07, 6.45) is 0. The second kappa shape index (κ2) is 6.79. The van der Waals surface area contributed by atoms with Crippen LogP contribution in [0.5, 0.6) is 0 Å². The Labute approximate surface area is 64.3 Å². The number of thioether (sulfide) groups is 1. The van der Waals surface area contributed by atoms with Crippen LogP contribution in [0.15, 0.2) is 20.8 Å². The maximum atomic E-state index is 3.13. The fourth-order valence-corrected chi connectivity index (χ4v) is 1.06. The highest BCUT2D eigenvalue weighted by molar-refractivity contribution is 9.11. The second-order valence-electron chi connectivity index (χ2n) is 0.660. The third-order valence-corrected chi connectivity index (χ3v) is 2.07. The predicted molar refractivity (Wildman–Crippen MR) is 43.7 cm³/mol. The first kappa shape index (κ1) is 7.79. The zero-order valence-corrected chi connectivity index (χ0v) is 7.46. The number of hydrogen-bond donors (Lipinski definition) is 0. The van der Waals surface area contributed by atoms with E-state index in [9.17, 15) is 0 Å². The van der Waals surface area contributed by atoms with Crippen LogP contribution in [0.25, 0.3) is 0 Å². The molecule has 0 aliphatic rings. The largest absolute Gasteiger partial charge is 0.105 e. The molecule has 0 aromatic heterocycles.